The van der Waals surface area contributed by atoms with Crippen LogP contribution in [0.1, 0.15) is 84.5 Å². The van der Waals surface area contributed by atoms with Gasteiger partial charge in [0.1, 0.15) is 0 Å². The van der Waals surface area contributed by atoms with Crippen LogP contribution in [-0.2, 0) is 4.79 Å². The molecule has 0 rings (SSSR count). The molecule has 0 aromatic carbocycles. The molecule has 0 aromatic heterocycles. The Hall–Kier alpha value is -0.790. The van der Waals surface area contributed by atoms with Crippen LogP contribution in [0.3, 0.4) is 0 Å². The second-order valence-electron chi connectivity index (χ2n) is 5.38. The predicted octanol–water partition coefficient (Wildman–Crippen LogP) is 4.99. The number of rotatable bonds is 13. The Kier molecular flexibility index (Phi) is 14.6. The van der Waals surface area contributed by atoms with E-state index in [1.807, 2.05) is 0 Å². The number of carbonyl (C=O) groups is 1. The van der Waals surface area contributed by atoms with Gasteiger partial charge in [-0.15, -0.1) is 0 Å². The van der Waals surface area contributed by atoms with Crippen LogP contribution >= 0.6 is 0 Å². The van der Waals surface area contributed by atoms with Crippen LogP contribution in [0.25, 0.3) is 0 Å². The third-order valence-corrected chi connectivity index (χ3v) is 3.36. The van der Waals surface area contributed by atoms with Gasteiger partial charge in [0.05, 0.1) is 0 Å². The first-order valence-electron chi connectivity index (χ1n) is 8.16. The van der Waals surface area contributed by atoms with Crippen LogP contribution in [0.4, 0.5) is 0 Å². The molecule has 0 unspecified atom stereocenters. The summed E-state index contributed by atoms with van der Waals surface area (Å²) in [7, 11) is 0. The largest absolute Gasteiger partial charge is 0.353 e. The maximum atomic E-state index is 10.6. The number of unbranched alkanes of at least 4 members (excludes halogenated alkanes) is 10. The van der Waals surface area contributed by atoms with Crippen molar-refractivity contribution in [3.63, 3.8) is 0 Å². The summed E-state index contributed by atoms with van der Waals surface area (Å²) in [6, 6.07) is 0. The summed E-state index contributed by atoms with van der Waals surface area (Å²) >= 11 is 0. The molecule has 0 heterocycles. The monoisotopic (exact) mass is 267 g/mol. The van der Waals surface area contributed by atoms with Crippen LogP contribution in [0, 0.1) is 0 Å². The smallest absolute Gasteiger partial charge is 0.217 e. The third kappa shape index (κ3) is 17.2. The highest BCUT2D eigenvalue weighted by Crippen LogP contribution is 2.11. The molecule has 0 saturated carbocycles. The lowest BCUT2D eigenvalue weighted by atomic mass is 10.1. The fourth-order valence-corrected chi connectivity index (χ4v) is 2.15. The molecule has 0 aliphatic carbocycles. The molecule has 0 bridgehead atoms. The van der Waals surface area contributed by atoms with Gasteiger partial charge in [0.2, 0.25) is 5.91 Å². The Morgan fingerprint density at radius 2 is 1.37 bits per heavy atom. The summed E-state index contributed by atoms with van der Waals surface area (Å²) in [4.78, 5) is 10.6. The number of hydrogen-bond donors (Lipinski definition) is 1. The molecule has 112 valence electrons. The first-order valence-corrected chi connectivity index (χ1v) is 8.16. The van der Waals surface area contributed by atoms with E-state index in [-0.39, 0.29) is 5.91 Å². The number of allylic oxidation sites excluding steroid dienone is 1. The summed E-state index contributed by atoms with van der Waals surface area (Å²) in [5.41, 5.74) is 0. The van der Waals surface area contributed by atoms with Gasteiger partial charge in [0.25, 0.3) is 0 Å². The zero-order valence-electron chi connectivity index (χ0n) is 13.0. The molecule has 0 aliphatic heterocycles. The van der Waals surface area contributed by atoms with Gasteiger partial charge in [-0.05, 0) is 12.8 Å². The molecular formula is C17H33NO. The van der Waals surface area contributed by atoms with E-state index in [0.29, 0.717) is 6.54 Å². The zero-order valence-corrected chi connectivity index (χ0v) is 13.0. The summed E-state index contributed by atoms with van der Waals surface area (Å²) < 4.78 is 0. The highest BCUT2D eigenvalue weighted by Gasteiger charge is 1.92. The molecule has 0 saturated heterocycles. The summed E-state index contributed by atoms with van der Waals surface area (Å²) in [6.45, 7) is 4.49. The summed E-state index contributed by atoms with van der Waals surface area (Å²) in [5, 5.41) is 2.76. The second kappa shape index (κ2) is 15.3. The van der Waals surface area contributed by atoms with Crippen LogP contribution in [0.15, 0.2) is 12.2 Å². The molecule has 1 amide bonds. The van der Waals surface area contributed by atoms with Crippen molar-refractivity contribution in [1.29, 1.82) is 0 Å². The van der Waals surface area contributed by atoms with Crippen molar-refractivity contribution < 1.29 is 4.79 Å². The quantitative estimate of drug-likeness (QED) is 0.369. The minimum Gasteiger partial charge on any atom is -0.353 e. The number of nitrogens with one attached hydrogen (secondary N) is 1. The van der Waals surface area contributed by atoms with E-state index in [9.17, 15) is 4.79 Å². The fourth-order valence-electron chi connectivity index (χ4n) is 2.15. The SMILES string of the molecule is CCCCCCCCCCCCC=CCNC(C)=O. The fraction of sp³-hybridized carbons (Fsp3) is 0.824. The van der Waals surface area contributed by atoms with E-state index >= 15 is 0 Å². The number of hydrogen-bond acceptors (Lipinski definition) is 1. The molecule has 0 atom stereocenters. The minimum atomic E-state index is 0.0450. The summed E-state index contributed by atoms with van der Waals surface area (Å²) in [6.07, 6.45) is 19.3. The van der Waals surface area contributed by atoms with Crippen molar-refractivity contribution in [2.45, 2.75) is 84.5 Å². The second-order valence-corrected chi connectivity index (χ2v) is 5.38. The van der Waals surface area contributed by atoms with Crippen LogP contribution in [0.5, 0.6) is 0 Å². The zero-order chi connectivity index (χ0) is 14.2. The molecule has 0 spiro atoms. The lowest BCUT2D eigenvalue weighted by molar-refractivity contribution is -0.118. The van der Waals surface area contributed by atoms with E-state index in [2.05, 4.69) is 24.4 Å². The molecule has 0 radical (unpaired) electrons. The first-order chi connectivity index (χ1) is 9.27. The van der Waals surface area contributed by atoms with E-state index in [1.165, 1.54) is 64.2 Å². The van der Waals surface area contributed by atoms with E-state index in [4.69, 9.17) is 0 Å². The van der Waals surface area contributed by atoms with Crippen molar-refractivity contribution >= 4 is 5.91 Å². The van der Waals surface area contributed by atoms with Gasteiger partial charge in [0.15, 0.2) is 0 Å². The van der Waals surface area contributed by atoms with E-state index in [1.54, 1.807) is 6.92 Å². The average molecular weight is 267 g/mol. The molecule has 0 aromatic rings. The van der Waals surface area contributed by atoms with Crippen LogP contribution in [0.2, 0.25) is 0 Å². The van der Waals surface area contributed by atoms with Crippen molar-refractivity contribution in [3.05, 3.63) is 12.2 Å². The van der Waals surface area contributed by atoms with Gasteiger partial charge in [-0.2, -0.15) is 0 Å². The van der Waals surface area contributed by atoms with Gasteiger partial charge in [-0.25, -0.2) is 0 Å². The third-order valence-electron chi connectivity index (χ3n) is 3.36. The predicted molar refractivity (Wildman–Crippen MR) is 84.3 cm³/mol. The highest BCUT2D eigenvalue weighted by molar-refractivity contribution is 5.72. The Morgan fingerprint density at radius 1 is 0.842 bits per heavy atom. The molecule has 1 N–H and O–H groups in total. The topological polar surface area (TPSA) is 29.1 Å². The lowest BCUT2D eigenvalue weighted by Gasteiger charge is -2.01. The normalized spacial score (nSPS) is 11.1. The molecule has 2 nitrogen and oxygen atoms in total. The number of carbonyl (C=O) groups excluding carboxylic acids is 1. The Balaban J connectivity index is 3.04. The Bertz CT molecular complexity index is 223. The lowest BCUT2D eigenvalue weighted by Crippen LogP contribution is -2.19. The van der Waals surface area contributed by atoms with Crippen LogP contribution < -0.4 is 5.32 Å². The van der Waals surface area contributed by atoms with Gasteiger partial charge in [-0.3, -0.25) is 4.79 Å². The van der Waals surface area contributed by atoms with Gasteiger partial charge in [0, 0.05) is 13.5 Å². The molecule has 0 aliphatic rings. The van der Waals surface area contributed by atoms with Crippen molar-refractivity contribution in [2.75, 3.05) is 6.54 Å². The molecular weight excluding hydrogens is 234 g/mol. The highest BCUT2D eigenvalue weighted by atomic mass is 16.1. The van der Waals surface area contributed by atoms with Crippen molar-refractivity contribution in [2.24, 2.45) is 0 Å². The van der Waals surface area contributed by atoms with E-state index in [0.717, 1.165) is 6.42 Å². The standard InChI is InChI=1S/C17H33NO/c1-3-4-5-6-7-8-9-10-11-12-13-14-15-16-18-17(2)19/h14-15H,3-13,16H2,1-2H3,(H,18,19). The molecule has 19 heavy (non-hydrogen) atoms. The molecule has 2 heteroatoms. The maximum absolute atomic E-state index is 10.6. The van der Waals surface area contributed by atoms with Gasteiger partial charge >= 0.3 is 0 Å². The minimum absolute atomic E-state index is 0.0450. The van der Waals surface area contributed by atoms with Crippen molar-refractivity contribution in [1.82, 2.24) is 5.32 Å². The van der Waals surface area contributed by atoms with Crippen molar-refractivity contribution in [3.8, 4) is 0 Å². The molecule has 0 fully saturated rings. The van der Waals surface area contributed by atoms with E-state index < -0.39 is 0 Å². The average Bonchev–Trinajstić information content (AvgIpc) is 2.39. The van der Waals surface area contributed by atoms with Gasteiger partial charge < -0.3 is 5.32 Å². The van der Waals surface area contributed by atoms with Gasteiger partial charge in [-0.1, -0.05) is 76.9 Å². The Morgan fingerprint density at radius 3 is 1.89 bits per heavy atom. The first kappa shape index (κ1) is 18.2. The number of amides is 1. The maximum Gasteiger partial charge on any atom is 0.217 e. The van der Waals surface area contributed by atoms with Crippen LogP contribution in [-0.4, -0.2) is 12.5 Å². The summed E-state index contributed by atoms with van der Waals surface area (Å²) in [5.74, 6) is 0.0450. The Labute approximate surface area is 120 Å².